The number of carbonyl (C=O) groups is 1. The molecule has 3 aromatic rings. The van der Waals surface area contributed by atoms with Crippen LogP contribution in [0.25, 0.3) is 11.3 Å². The molecular weight excluding hydrogens is 340 g/mol. The van der Waals surface area contributed by atoms with Crippen molar-refractivity contribution in [2.45, 2.75) is 0 Å². The van der Waals surface area contributed by atoms with Gasteiger partial charge in [-0.25, -0.2) is 4.39 Å². The number of carbonyl (C=O) groups excluding carboxylic acids is 1. The second kappa shape index (κ2) is 6.44. The van der Waals surface area contributed by atoms with E-state index >= 15 is 0 Å². The number of anilines is 1. The molecule has 2 aromatic carbocycles. The van der Waals surface area contributed by atoms with E-state index < -0.39 is 11.7 Å². The van der Waals surface area contributed by atoms with E-state index in [0.717, 1.165) is 0 Å². The topological polar surface area (TPSA) is 42.2 Å². The lowest BCUT2D eigenvalue weighted by Gasteiger charge is -2.05. The fourth-order valence-electron chi connectivity index (χ4n) is 2.04. The minimum atomic E-state index is -0.583. The Labute approximate surface area is 141 Å². The summed E-state index contributed by atoms with van der Waals surface area (Å²) in [6.45, 7) is 0. The van der Waals surface area contributed by atoms with E-state index in [4.69, 9.17) is 27.6 Å². The Kier molecular flexibility index (Phi) is 4.37. The summed E-state index contributed by atoms with van der Waals surface area (Å²) in [5, 5.41) is 3.25. The van der Waals surface area contributed by atoms with E-state index in [9.17, 15) is 9.18 Å². The third-order valence-corrected chi connectivity index (χ3v) is 3.71. The summed E-state index contributed by atoms with van der Waals surface area (Å²) in [5.41, 5.74) is 0.653. The van der Waals surface area contributed by atoms with Crippen LogP contribution in [0.1, 0.15) is 10.6 Å². The van der Waals surface area contributed by atoms with Gasteiger partial charge in [-0.15, -0.1) is 0 Å². The number of nitrogens with one attached hydrogen (secondary N) is 1. The summed E-state index contributed by atoms with van der Waals surface area (Å²) in [7, 11) is 0. The lowest BCUT2D eigenvalue weighted by Crippen LogP contribution is -2.12. The molecule has 0 bridgehead atoms. The Balaban J connectivity index is 1.84. The minimum Gasteiger partial charge on any atom is -0.451 e. The first-order valence-electron chi connectivity index (χ1n) is 6.66. The zero-order valence-corrected chi connectivity index (χ0v) is 13.2. The van der Waals surface area contributed by atoms with Crippen molar-refractivity contribution in [1.29, 1.82) is 0 Å². The SMILES string of the molecule is O=C(Nc1cc(Cl)ccc1F)c1ccc(-c2ccccc2Cl)o1. The molecule has 0 atom stereocenters. The molecular formula is C17H10Cl2FNO2. The number of hydrogen-bond acceptors (Lipinski definition) is 2. The van der Waals surface area contributed by atoms with E-state index in [2.05, 4.69) is 5.32 Å². The van der Waals surface area contributed by atoms with Gasteiger partial charge in [-0.05, 0) is 42.5 Å². The second-order valence-electron chi connectivity index (χ2n) is 4.72. The van der Waals surface area contributed by atoms with Crippen LogP contribution in [-0.4, -0.2) is 5.91 Å². The van der Waals surface area contributed by atoms with E-state index in [-0.39, 0.29) is 11.4 Å². The van der Waals surface area contributed by atoms with Gasteiger partial charge in [-0.2, -0.15) is 0 Å². The molecule has 23 heavy (non-hydrogen) atoms. The van der Waals surface area contributed by atoms with Crippen molar-refractivity contribution in [2.75, 3.05) is 5.32 Å². The third kappa shape index (κ3) is 3.38. The molecule has 0 aliphatic rings. The van der Waals surface area contributed by atoms with Gasteiger partial charge >= 0.3 is 0 Å². The van der Waals surface area contributed by atoms with Crippen molar-refractivity contribution >= 4 is 34.8 Å². The van der Waals surface area contributed by atoms with Gasteiger partial charge in [-0.1, -0.05) is 35.3 Å². The summed E-state index contributed by atoms with van der Waals surface area (Å²) in [5.74, 6) is -0.670. The fraction of sp³-hybridized carbons (Fsp3) is 0. The van der Waals surface area contributed by atoms with Crippen molar-refractivity contribution in [3.63, 3.8) is 0 Å². The second-order valence-corrected chi connectivity index (χ2v) is 5.57. The Morgan fingerprint density at radius 1 is 1.04 bits per heavy atom. The monoisotopic (exact) mass is 349 g/mol. The van der Waals surface area contributed by atoms with Crippen LogP contribution in [0.5, 0.6) is 0 Å². The average Bonchev–Trinajstić information content (AvgIpc) is 3.01. The molecule has 0 aliphatic carbocycles. The molecule has 3 rings (SSSR count). The standard InChI is InChI=1S/C17H10Cl2FNO2/c18-10-5-6-13(20)14(9-10)21-17(22)16-8-7-15(23-16)11-3-1-2-4-12(11)19/h1-9H,(H,21,22). The smallest absolute Gasteiger partial charge is 0.291 e. The van der Waals surface area contributed by atoms with Crippen molar-refractivity contribution < 1.29 is 13.6 Å². The van der Waals surface area contributed by atoms with Crippen LogP contribution in [0.2, 0.25) is 10.0 Å². The predicted molar refractivity (Wildman–Crippen MR) is 88.5 cm³/mol. The van der Waals surface area contributed by atoms with Gasteiger partial charge in [0.1, 0.15) is 11.6 Å². The molecule has 1 aromatic heterocycles. The maximum Gasteiger partial charge on any atom is 0.291 e. The first-order valence-corrected chi connectivity index (χ1v) is 7.41. The van der Waals surface area contributed by atoms with E-state index in [1.165, 1.54) is 24.3 Å². The zero-order valence-electron chi connectivity index (χ0n) is 11.6. The summed E-state index contributed by atoms with van der Waals surface area (Å²) >= 11 is 11.9. The molecule has 1 N–H and O–H groups in total. The van der Waals surface area contributed by atoms with Gasteiger partial charge in [0.15, 0.2) is 5.76 Å². The van der Waals surface area contributed by atoms with Gasteiger partial charge in [-0.3, -0.25) is 4.79 Å². The van der Waals surface area contributed by atoms with Crippen molar-refractivity contribution in [1.82, 2.24) is 0 Å². The van der Waals surface area contributed by atoms with E-state index in [1.807, 2.05) is 6.07 Å². The molecule has 3 nitrogen and oxygen atoms in total. The Hall–Kier alpha value is -2.30. The first kappa shape index (κ1) is 15.6. The number of hydrogen-bond donors (Lipinski definition) is 1. The highest BCUT2D eigenvalue weighted by molar-refractivity contribution is 6.33. The highest BCUT2D eigenvalue weighted by atomic mass is 35.5. The maximum atomic E-state index is 13.6. The highest BCUT2D eigenvalue weighted by Gasteiger charge is 2.15. The lowest BCUT2D eigenvalue weighted by molar-refractivity contribution is 0.0997. The largest absolute Gasteiger partial charge is 0.451 e. The summed E-state index contributed by atoms with van der Waals surface area (Å²) < 4.78 is 19.2. The van der Waals surface area contributed by atoms with Crippen LogP contribution in [0.15, 0.2) is 59.0 Å². The van der Waals surface area contributed by atoms with Crippen molar-refractivity contribution in [3.8, 4) is 11.3 Å². The van der Waals surface area contributed by atoms with Gasteiger partial charge in [0.05, 0.1) is 10.7 Å². The van der Waals surface area contributed by atoms with E-state index in [0.29, 0.717) is 21.4 Å². The average molecular weight is 350 g/mol. The highest BCUT2D eigenvalue weighted by Crippen LogP contribution is 2.29. The molecule has 0 fully saturated rings. The van der Waals surface area contributed by atoms with E-state index in [1.54, 1.807) is 24.3 Å². The number of benzene rings is 2. The van der Waals surface area contributed by atoms with Gasteiger partial charge in [0, 0.05) is 10.6 Å². The molecule has 0 radical (unpaired) electrons. The van der Waals surface area contributed by atoms with Crippen LogP contribution >= 0.6 is 23.2 Å². The lowest BCUT2D eigenvalue weighted by atomic mass is 10.2. The predicted octanol–water partition coefficient (Wildman–Crippen LogP) is 5.64. The van der Waals surface area contributed by atoms with Crippen LogP contribution in [-0.2, 0) is 0 Å². The summed E-state index contributed by atoms with van der Waals surface area (Å²) in [4.78, 5) is 12.2. The summed E-state index contributed by atoms with van der Waals surface area (Å²) in [6, 6.07) is 14.1. The third-order valence-electron chi connectivity index (χ3n) is 3.15. The molecule has 1 amide bonds. The van der Waals surface area contributed by atoms with Crippen molar-refractivity contribution in [2.24, 2.45) is 0 Å². The quantitative estimate of drug-likeness (QED) is 0.664. The minimum absolute atomic E-state index is 0.0156. The Bertz CT molecular complexity index is 877. The molecule has 0 unspecified atom stereocenters. The first-order chi connectivity index (χ1) is 11.0. The summed E-state index contributed by atoms with van der Waals surface area (Å²) in [6.07, 6.45) is 0. The Morgan fingerprint density at radius 3 is 2.61 bits per heavy atom. The fourth-order valence-corrected chi connectivity index (χ4v) is 2.44. The number of furan rings is 1. The van der Waals surface area contributed by atoms with Gasteiger partial charge < -0.3 is 9.73 Å². The molecule has 0 saturated heterocycles. The number of halogens is 3. The molecule has 0 aliphatic heterocycles. The van der Waals surface area contributed by atoms with Crippen molar-refractivity contribution in [3.05, 3.63) is 76.2 Å². The molecule has 1 heterocycles. The van der Waals surface area contributed by atoms with Crippen LogP contribution in [0, 0.1) is 5.82 Å². The maximum absolute atomic E-state index is 13.6. The normalized spacial score (nSPS) is 10.6. The molecule has 116 valence electrons. The number of amides is 1. The molecule has 6 heteroatoms. The zero-order chi connectivity index (χ0) is 16.4. The van der Waals surface area contributed by atoms with Crippen LogP contribution in [0.3, 0.4) is 0 Å². The van der Waals surface area contributed by atoms with Gasteiger partial charge in [0.2, 0.25) is 0 Å². The Morgan fingerprint density at radius 2 is 1.83 bits per heavy atom. The number of rotatable bonds is 3. The molecule has 0 saturated carbocycles. The van der Waals surface area contributed by atoms with Crippen LogP contribution in [0.4, 0.5) is 10.1 Å². The van der Waals surface area contributed by atoms with Crippen LogP contribution < -0.4 is 5.32 Å². The van der Waals surface area contributed by atoms with Gasteiger partial charge in [0.25, 0.3) is 5.91 Å². The molecule has 0 spiro atoms.